The lowest BCUT2D eigenvalue weighted by Crippen LogP contribution is -2.48. The van der Waals surface area contributed by atoms with Gasteiger partial charge >= 0.3 is 0 Å². The van der Waals surface area contributed by atoms with Gasteiger partial charge < -0.3 is 15.5 Å². The van der Waals surface area contributed by atoms with Gasteiger partial charge in [0.05, 0.1) is 11.4 Å². The van der Waals surface area contributed by atoms with Gasteiger partial charge in [-0.1, -0.05) is 55.5 Å². The molecule has 3 aromatic rings. The second kappa shape index (κ2) is 9.88. The molecule has 7 nitrogen and oxygen atoms in total. The van der Waals surface area contributed by atoms with Gasteiger partial charge in [-0.2, -0.15) is 0 Å². The molecular weight excluding hydrogens is 470 g/mol. The first kappa shape index (κ1) is 25.2. The maximum absolute atomic E-state index is 6.63. The number of aromatic nitrogens is 3. The number of anilines is 1. The van der Waals surface area contributed by atoms with Crippen LogP contribution >= 0.6 is 0 Å². The van der Waals surface area contributed by atoms with Crippen LogP contribution < -0.4 is 10.6 Å². The summed E-state index contributed by atoms with van der Waals surface area (Å²) >= 11 is 0. The summed E-state index contributed by atoms with van der Waals surface area (Å²) < 4.78 is 0. The Bertz CT molecular complexity index is 1370. The van der Waals surface area contributed by atoms with Crippen molar-refractivity contribution < 1.29 is 0 Å². The van der Waals surface area contributed by atoms with Crippen LogP contribution in [0.3, 0.4) is 0 Å². The highest BCUT2D eigenvalue weighted by atomic mass is 15.3. The molecule has 6 rings (SSSR count). The van der Waals surface area contributed by atoms with E-state index in [1.807, 2.05) is 6.07 Å². The molecule has 1 aromatic carbocycles. The first-order chi connectivity index (χ1) is 18.3. The van der Waals surface area contributed by atoms with E-state index in [9.17, 15) is 0 Å². The van der Waals surface area contributed by atoms with Gasteiger partial charge in [0.1, 0.15) is 11.3 Å². The van der Waals surface area contributed by atoms with Crippen molar-refractivity contribution in [1.29, 1.82) is 0 Å². The summed E-state index contributed by atoms with van der Waals surface area (Å²) in [5.74, 6) is 0.983. The molecule has 1 aliphatic heterocycles. The van der Waals surface area contributed by atoms with Crippen molar-refractivity contribution in [3.63, 3.8) is 0 Å². The van der Waals surface area contributed by atoms with E-state index in [4.69, 9.17) is 20.7 Å². The number of hydrogen-bond acceptors (Lipinski definition) is 7. The summed E-state index contributed by atoms with van der Waals surface area (Å²) in [5, 5.41) is 0. The molecule has 1 atom stereocenters. The molecule has 7 heteroatoms. The standard InChI is InChI=1S/C31H39N7/c1-30(31(32)15-16-31)13-11-24(12-14-30)28-27(23-7-5-4-6-8-23)33-25-9-10-26(34-29(25)35-28)38-21-19-37(20-22-38)18-17-36(2)3/h4-13H,14-22,32H2,1-3H3. The van der Waals surface area contributed by atoms with Gasteiger partial charge in [0.15, 0.2) is 5.65 Å². The normalized spacial score (nSPS) is 23.2. The molecule has 2 N–H and O–H groups in total. The molecule has 0 spiro atoms. The van der Waals surface area contributed by atoms with Gasteiger partial charge in [0, 0.05) is 55.8 Å². The van der Waals surface area contributed by atoms with Gasteiger partial charge in [0.2, 0.25) is 0 Å². The van der Waals surface area contributed by atoms with Crippen LogP contribution in [0.15, 0.2) is 60.7 Å². The molecule has 0 amide bonds. The molecule has 198 valence electrons. The number of piperazine rings is 1. The van der Waals surface area contributed by atoms with Crippen molar-refractivity contribution >= 4 is 22.6 Å². The number of fused-ring (bicyclic) bond motifs is 1. The Kier molecular flexibility index (Phi) is 6.54. The topological polar surface area (TPSA) is 74.4 Å². The smallest absolute Gasteiger partial charge is 0.180 e. The fourth-order valence-electron chi connectivity index (χ4n) is 5.63. The predicted octanol–water partition coefficient (Wildman–Crippen LogP) is 4.22. The third-order valence-electron chi connectivity index (χ3n) is 8.70. The number of rotatable bonds is 7. The number of nitrogens with zero attached hydrogens (tertiary/aromatic N) is 6. The summed E-state index contributed by atoms with van der Waals surface area (Å²) in [4.78, 5) is 22.4. The number of allylic oxidation sites excluding steroid dienone is 3. The summed E-state index contributed by atoms with van der Waals surface area (Å²) in [6.07, 6.45) is 9.91. The number of pyridine rings is 1. The highest BCUT2D eigenvalue weighted by molar-refractivity contribution is 5.87. The third kappa shape index (κ3) is 4.86. The Morgan fingerprint density at radius 1 is 0.921 bits per heavy atom. The Morgan fingerprint density at radius 3 is 2.34 bits per heavy atom. The van der Waals surface area contributed by atoms with E-state index in [1.54, 1.807) is 0 Å². The lowest BCUT2D eigenvalue weighted by Gasteiger charge is -2.35. The molecule has 2 aromatic heterocycles. The SMILES string of the molecule is CN(C)CCN1CCN(c2ccc3nc(-c4ccccc4)c(C4=CCC(C)(C5(N)CC5)C=C4)nc3n2)CC1. The number of benzene rings is 1. The molecule has 3 aliphatic rings. The molecule has 38 heavy (non-hydrogen) atoms. The number of nitrogens with two attached hydrogens (primary N) is 1. The highest BCUT2D eigenvalue weighted by Gasteiger charge is 2.52. The highest BCUT2D eigenvalue weighted by Crippen LogP contribution is 2.52. The lowest BCUT2D eigenvalue weighted by molar-refractivity contribution is 0.229. The Balaban J connectivity index is 1.31. The van der Waals surface area contributed by atoms with Crippen molar-refractivity contribution in [3.8, 4) is 11.3 Å². The molecule has 0 bridgehead atoms. The minimum atomic E-state index is -0.0736. The van der Waals surface area contributed by atoms with Crippen LogP contribution in [0.1, 0.15) is 31.9 Å². The third-order valence-corrected chi connectivity index (χ3v) is 8.70. The van der Waals surface area contributed by atoms with Gasteiger partial charge in [-0.15, -0.1) is 0 Å². The van der Waals surface area contributed by atoms with E-state index in [0.717, 1.165) is 92.4 Å². The van der Waals surface area contributed by atoms with E-state index in [-0.39, 0.29) is 11.0 Å². The minimum absolute atomic E-state index is 0.00615. The van der Waals surface area contributed by atoms with E-state index >= 15 is 0 Å². The van der Waals surface area contributed by atoms with Crippen molar-refractivity contribution in [1.82, 2.24) is 24.8 Å². The van der Waals surface area contributed by atoms with E-state index in [1.165, 1.54) is 0 Å². The summed E-state index contributed by atoms with van der Waals surface area (Å²) in [6.45, 7) is 8.53. The zero-order valence-corrected chi connectivity index (χ0v) is 22.9. The molecule has 1 saturated carbocycles. The summed E-state index contributed by atoms with van der Waals surface area (Å²) in [6, 6.07) is 14.5. The first-order valence-electron chi connectivity index (χ1n) is 13.9. The average Bonchev–Trinajstić information content (AvgIpc) is 3.71. The van der Waals surface area contributed by atoms with Crippen LogP contribution in [0, 0.1) is 5.41 Å². The van der Waals surface area contributed by atoms with E-state index < -0.39 is 0 Å². The number of hydrogen-bond donors (Lipinski definition) is 1. The Hall–Kier alpha value is -3.13. The molecule has 2 aliphatic carbocycles. The fraction of sp³-hybridized carbons (Fsp3) is 0.452. The van der Waals surface area contributed by atoms with Crippen LogP contribution in [0.2, 0.25) is 0 Å². The Labute approximate surface area is 226 Å². The molecule has 1 unspecified atom stereocenters. The fourth-order valence-corrected chi connectivity index (χ4v) is 5.63. The quantitative estimate of drug-likeness (QED) is 0.511. The van der Waals surface area contributed by atoms with E-state index in [0.29, 0.717) is 5.65 Å². The Morgan fingerprint density at radius 2 is 1.68 bits per heavy atom. The van der Waals surface area contributed by atoms with Crippen LogP contribution in [0.5, 0.6) is 0 Å². The summed E-state index contributed by atoms with van der Waals surface area (Å²) in [5.41, 5.74) is 12.0. The van der Waals surface area contributed by atoms with Gasteiger partial charge in [-0.3, -0.25) is 4.90 Å². The first-order valence-corrected chi connectivity index (χ1v) is 13.9. The van der Waals surface area contributed by atoms with Crippen LogP contribution in [0.4, 0.5) is 5.82 Å². The monoisotopic (exact) mass is 509 g/mol. The predicted molar refractivity (Wildman–Crippen MR) is 156 cm³/mol. The molecular formula is C31H39N7. The maximum atomic E-state index is 6.63. The zero-order chi connectivity index (χ0) is 26.3. The molecule has 1 saturated heterocycles. The van der Waals surface area contributed by atoms with Gasteiger partial charge in [-0.25, -0.2) is 15.0 Å². The van der Waals surface area contributed by atoms with Crippen molar-refractivity contribution in [2.75, 3.05) is 58.3 Å². The molecule has 3 heterocycles. The molecule has 0 radical (unpaired) electrons. The van der Waals surface area contributed by atoms with Crippen LogP contribution in [-0.4, -0.2) is 83.7 Å². The van der Waals surface area contributed by atoms with Crippen molar-refractivity contribution in [2.24, 2.45) is 11.1 Å². The van der Waals surface area contributed by atoms with Crippen molar-refractivity contribution in [3.05, 3.63) is 66.4 Å². The van der Waals surface area contributed by atoms with Gasteiger partial charge in [0.25, 0.3) is 0 Å². The second-order valence-electron chi connectivity index (χ2n) is 11.7. The summed E-state index contributed by atoms with van der Waals surface area (Å²) in [7, 11) is 4.26. The maximum Gasteiger partial charge on any atom is 0.180 e. The van der Waals surface area contributed by atoms with E-state index in [2.05, 4.69) is 90.3 Å². The molecule has 2 fully saturated rings. The lowest BCUT2D eigenvalue weighted by atomic mass is 9.73. The average molecular weight is 510 g/mol. The second-order valence-corrected chi connectivity index (χ2v) is 11.7. The number of likely N-dealkylation sites (N-methyl/N-ethyl adjacent to an activating group) is 1. The largest absolute Gasteiger partial charge is 0.354 e. The van der Waals surface area contributed by atoms with Crippen molar-refractivity contribution in [2.45, 2.75) is 31.7 Å². The zero-order valence-electron chi connectivity index (χ0n) is 22.9. The van der Waals surface area contributed by atoms with Gasteiger partial charge in [-0.05, 0) is 51.1 Å². The van der Waals surface area contributed by atoms with Crippen LogP contribution in [-0.2, 0) is 0 Å². The minimum Gasteiger partial charge on any atom is -0.354 e. The van der Waals surface area contributed by atoms with Crippen LogP contribution in [0.25, 0.3) is 28.0 Å².